The molecule has 0 aliphatic rings. The number of carboxylic acids is 1. The molecule has 4 heteroatoms. The molecule has 0 saturated heterocycles. The largest absolute Gasteiger partial charge is 0.478 e. The van der Waals surface area contributed by atoms with Crippen molar-refractivity contribution >= 4 is 17.9 Å². The van der Waals surface area contributed by atoms with Gasteiger partial charge in [0.05, 0.1) is 11.3 Å². The number of rotatable bonds is 3. The van der Waals surface area contributed by atoms with Crippen LogP contribution >= 0.6 is 0 Å². The van der Waals surface area contributed by atoms with E-state index < -0.39 is 11.8 Å². The maximum Gasteiger partial charge on any atom is 0.335 e. The van der Waals surface area contributed by atoms with E-state index in [0.29, 0.717) is 11.3 Å². The number of carbonyl (C=O) groups is 1. The number of halogens is 1. The Hall–Kier alpha value is -2.49. The summed E-state index contributed by atoms with van der Waals surface area (Å²) in [5.74, 6) is -1.48. The van der Waals surface area contributed by atoms with Crippen LogP contribution in [-0.2, 0) is 0 Å². The van der Waals surface area contributed by atoms with E-state index in [1.165, 1.54) is 30.3 Å². The smallest absolute Gasteiger partial charge is 0.335 e. The molecule has 3 nitrogen and oxygen atoms in total. The molecule has 0 radical (unpaired) electrons. The van der Waals surface area contributed by atoms with Crippen molar-refractivity contribution in [2.75, 3.05) is 0 Å². The van der Waals surface area contributed by atoms with E-state index in [2.05, 4.69) is 4.98 Å². The second-order valence-electron chi connectivity index (χ2n) is 3.63. The monoisotopic (exact) mass is 243 g/mol. The van der Waals surface area contributed by atoms with Gasteiger partial charge < -0.3 is 5.11 Å². The Balaban J connectivity index is 2.26. The molecule has 0 saturated carbocycles. The lowest BCUT2D eigenvalue weighted by atomic mass is 10.1. The Labute approximate surface area is 103 Å². The molecule has 0 unspecified atom stereocenters. The van der Waals surface area contributed by atoms with Crippen molar-refractivity contribution in [1.29, 1.82) is 0 Å². The molecule has 1 aromatic heterocycles. The first-order valence-electron chi connectivity index (χ1n) is 5.29. The molecular formula is C14H10FNO2. The summed E-state index contributed by atoms with van der Waals surface area (Å²) in [6, 6.07) is 10.8. The van der Waals surface area contributed by atoms with Crippen LogP contribution in [0.2, 0.25) is 0 Å². The van der Waals surface area contributed by atoms with E-state index in [9.17, 15) is 9.18 Å². The summed E-state index contributed by atoms with van der Waals surface area (Å²) in [6.45, 7) is 0. The average Bonchev–Trinajstić information content (AvgIpc) is 2.40. The standard InChI is InChI=1S/C14H10FNO2/c15-13(9-12-3-1-2-8-16-12)10-4-6-11(7-5-10)14(17)18/h1-9H,(H,17,18)/b13-9-. The van der Waals surface area contributed by atoms with Crippen molar-refractivity contribution in [1.82, 2.24) is 4.98 Å². The highest BCUT2D eigenvalue weighted by Gasteiger charge is 2.04. The van der Waals surface area contributed by atoms with Gasteiger partial charge in [0.25, 0.3) is 0 Å². The lowest BCUT2D eigenvalue weighted by molar-refractivity contribution is 0.0697. The first-order chi connectivity index (χ1) is 8.66. The number of benzene rings is 1. The highest BCUT2D eigenvalue weighted by molar-refractivity contribution is 5.88. The van der Waals surface area contributed by atoms with Gasteiger partial charge >= 0.3 is 5.97 Å². The van der Waals surface area contributed by atoms with Gasteiger partial charge in [-0.25, -0.2) is 9.18 Å². The van der Waals surface area contributed by atoms with Gasteiger partial charge in [-0.15, -0.1) is 0 Å². The van der Waals surface area contributed by atoms with Gasteiger partial charge in [0.2, 0.25) is 0 Å². The van der Waals surface area contributed by atoms with Crippen LogP contribution in [0.25, 0.3) is 11.9 Å². The Bertz CT molecular complexity index is 577. The van der Waals surface area contributed by atoms with E-state index in [4.69, 9.17) is 5.11 Å². The predicted molar refractivity (Wildman–Crippen MR) is 66.6 cm³/mol. The Morgan fingerprint density at radius 1 is 1.11 bits per heavy atom. The fourth-order valence-electron chi connectivity index (χ4n) is 1.45. The van der Waals surface area contributed by atoms with Crippen molar-refractivity contribution in [3.05, 3.63) is 65.5 Å². The molecule has 0 aliphatic carbocycles. The molecule has 2 aromatic rings. The van der Waals surface area contributed by atoms with Crippen LogP contribution in [0.15, 0.2) is 48.7 Å². The lowest BCUT2D eigenvalue weighted by Crippen LogP contribution is -1.95. The van der Waals surface area contributed by atoms with E-state index in [1.807, 2.05) is 0 Å². The average molecular weight is 243 g/mol. The third kappa shape index (κ3) is 2.79. The van der Waals surface area contributed by atoms with Crippen LogP contribution in [0.1, 0.15) is 21.6 Å². The van der Waals surface area contributed by atoms with Gasteiger partial charge in [0, 0.05) is 17.8 Å². The second-order valence-corrected chi connectivity index (χ2v) is 3.63. The summed E-state index contributed by atoms with van der Waals surface area (Å²) in [6.07, 6.45) is 2.88. The van der Waals surface area contributed by atoms with Crippen LogP contribution in [0.4, 0.5) is 4.39 Å². The number of carboxylic acid groups (broad SMARTS) is 1. The predicted octanol–water partition coefficient (Wildman–Crippen LogP) is 3.25. The molecular weight excluding hydrogens is 233 g/mol. The summed E-state index contributed by atoms with van der Waals surface area (Å²) in [5.41, 5.74) is 0.965. The molecule has 0 fully saturated rings. The molecule has 1 N–H and O–H groups in total. The molecule has 0 bridgehead atoms. The molecule has 1 heterocycles. The fourth-order valence-corrected chi connectivity index (χ4v) is 1.45. The normalized spacial score (nSPS) is 11.3. The summed E-state index contributed by atoms with van der Waals surface area (Å²) >= 11 is 0. The minimum absolute atomic E-state index is 0.129. The van der Waals surface area contributed by atoms with Gasteiger partial charge in [-0.05, 0) is 24.3 Å². The molecule has 0 spiro atoms. The van der Waals surface area contributed by atoms with Crippen molar-refractivity contribution in [3.63, 3.8) is 0 Å². The maximum absolute atomic E-state index is 13.8. The molecule has 18 heavy (non-hydrogen) atoms. The number of aromatic nitrogens is 1. The Morgan fingerprint density at radius 3 is 2.33 bits per heavy atom. The zero-order chi connectivity index (χ0) is 13.0. The van der Waals surface area contributed by atoms with Crippen molar-refractivity contribution in [3.8, 4) is 0 Å². The number of aromatic carboxylic acids is 1. The van der Waals surface area contributed by atoms with E-state index in [0.717, 1.165) is 0 Å². The number of hydrogen-bond acceptors (Lipinski definition) is 2. The topological polar surface area (TPSA) is 50.2 Å². The summed E-state index contributed by atoms with van der Waals surface area (Å²) < 4.78 is 13.8. The zero-order valence-electron chi connectivity index (χ0n) is 9.38. The number of hydrogen-bond donors (Lipinski definition) is 1. The highest BCUT2D eigenvalue weighted by Crippen LogP contribution is 2.19. The van der Waals surface area contributed by atoms with Gasteiger partial charge in [-0.3, -0.25) is 4.98 Å². The van der Waals surface area contributed by atoms with Crippen LogP contribution in [-0.4, -0.2) is 16.1 Å². The summed E-state index contributed by atoms with van der Waals surface area (Å²) in [7, 11) is 0. The van der Waals surface area contributed by atoms with E-state index in [-0.39, 0.29) is 5.56 Å². The molecule has 0 aliphatic heterocycles. The van der Waals surface area contributed by atoms with Gasteiger partial charge in [0.1, 0.15) is 5.83 Å². The summed E-state index contributed by atoms with van der Waals surface area (Å²) in [5, 5.41) is 8.73. The molecule has 1 aromatic carbocycles. The maximum atomic E-state index is 13.8. The molecule has 0 atom stereocenters. The third-order valence-corrected chi connectivity index (χ3v) is 2.37. The molecule has 0 amide bonds. The molecule has 2 rings (SSSR count). The quantitative estimate of drug-likeness (QED) is 0.900. The van der Waals surface area contributed by atoms with Crippen molar-refractivity contribution < 1.29 is 14.3 Å². The first-order valence-corrected chi connectivity index (χ1v) is 5.29. The second kappa shape index (κ2) is 5.23. The van der Waals surface area contributed by atoms with E-state index in [1.54, 1.807) is 24.4 Å². The lowest BCUT2D eigenvalue weighted by Gasteiger charge is -1.99. The minimum atomic E-state index is -1.03. The third-order valence-electron chi connectivity index (χ3n) is 2.37. The fraction of sp³-hybridized carbons (Fsp3) is 0. The van der Waals surface area contributed by atoms with Crippen molar-refractivity contribution in [2.24, 2.45) is 0 Å². The minimum Gasteiger partial charge on any atom is -0.478 e. The Morgan fingerprint density at radius 2 is 1.78 bits per heavy atom. The van der Waals surface area contributed by atoms with Crippen LogP contribution in [0, 0.1) is 0 Å². The molecule has 90 valence electrons. The zero-order valence-corrected chi connectivity index (χ0v) is 9.38. The Kier molecular flexibility index (Phi) is 3.48. The first kappa shape index (κ1) is 12.0. The van der Waals surface area contributed by atoms with Crippen LogP contribution in [0.3, 0.4) is 0 Å². The van der Waals surface area contributed by atoms with Crippen LogP contribution < -0.4 is 0 Å². The van der Waals surface area contributed by atoms with E-state index >= 15 is 0 Å². The number of nitrogens with zero attached hydrogens (tertiary/aromatic N) is 1. The van der Waals surface area contributed by atoms with Crippen molar-refractivity contribution in [2.45, 2.75) is 0 Å². The summed E-state index contributed by atoms with van der Waals surface area (Å²) in [4.78, 5) is 14.6. The van der Waals surface area contributed by atoms with Gasteiger partial charge in [0.15, 0.2) is 0 Å². The number of pyridine rings is 1. The van der Waals surface area contributed by atoms with Gasteiger partial charge in [-0.1, -0.05) is 18.2 Å². The SMILES string of the molecule is O=C(O)c1ccc(/C(F)=C/c2ccccn2)cc1. The highest BCUT2D eigenvalue weighted by atomic mass is 19.1. The van der Waals surface area contributed by atoms with Gasteiger partial charge in [-0.2, -0.15) is 0 Å². The van der Waals surface area contributed by atoms with Crippen LogP contribution in [0.5, 0.6) is 0 Å².